The molecule has 2 fully saturated rings. The van der Waals surface area contributed by atoms with Gasteiger partial charge in [-0.1, -0.05) is 12.8 Å². The zero-order valence-corrected chi connectivity index (χ0v) is 17.5. The monoisotopic (exact) mass is 425 g/mol. The summed E-state index contributed by atoms with van der Waals surface area (Å²) in [6.45, 7) is 0.0501. The zero-order valence-electron chi connectivity index (χ0n) is 16.6. The van der Waals surface area contributed by atoms with Gasteiger partial charge in [-0.3, -0.25) is 14.5 Å². The fourth-order valence-electron chi connectivity index (χ4n) is 4.23. The summed E-state index contributed by atoms with van der Waals surface area (Å²) < 4.78 is 36.8. The standard InChI is InChI=1S/C20H28FN3O4S/c1-23(12-19(25)22-16-8-6-15(21)7-9-16)13-20(26)24(17-4-2-3-5-17)18-10-11-29(27,28)14-18/h6-9,17-18H,2-5,10-14H2,1H3,(H,22,25)/t18-/m0/s1. The molecule has 1 saturated carbocycles. The maximum atomic E-state index is 13.0. The molecule has 0 aromatic heterocycles. The number of nitrogens with one attached hydrogen (secondary N) is 1. The average molecular weight is 426 g/mol. The van der Waals surface area contributed by atoms with Crippen LogP contribution >= 0.6 is 0 Å². The topological polar surface area (TPSA) is 86.8 Å². The summed E-state index contributed by atoms with van der Waals surface area (Å²) in [5.41, 5.74) is 0.486. The SMILES string of the molecule is CN(CC(=O)Nc1ccc(F)cc1)CC(=O)N(C1CCCC1)[C@H]1CCS(=O)(=O)C1. The number of anilines is 1. The molecule has 3 rings (SSSR count). The third-order valence-electron chi connectivity index (χ3n) is 5.55. The number of carbonyl (C=O) groups is 2. The lowest BCUT2D eigenvalue weighted by molar-refractivity contribution is -0.136. The van der Waals surface area contributed by atoms with Crippen molar-refractivity contribution in [1.29, 1.82) is 0 Å². The van der Waals surface area contributed by atoms with Crippen molar-refractivity contribution in [3.8, 4) is 0 Å². The molecule has 29 heavy (non-hydrogen) atoms. The van der Waals surface area contributed by atoms with Crippen LogP contribution in [-0.2, 0) is 19.4 Å². The van der Waals surface area contributed by atoms with Crippen molar-refractivity contribution in [2.24, 2.45) is 0 Å². The first-order valence-corrected chi connectivity index (χ1v) is 11.8. The number of likely N-dealkylation sites (N-methyl/N-ethyl adjacent to an activating group) is 1. The Labute approximate surface area is 171 Å². The Kier molecular flexibility index (Phi) is 6.89. The molecule has 1 aromatic carbocycles. The van der Waals surface area contributed by atoms with Crippen LogP contribution in [0, 0.1) is 5.82 Å². The Morgan fingerprint density at radius 1 is 1.07 bits per heavy atom. The number of benzene rings is 1. The van der Waals surface area contributed by atoms with Crippen molar-refractivity contribution in [2.45, 2.75) is 44.2 Å². The van der Waals surface area contributed by atoms with E-state index in [0.717, 1.165) is 25.7 Å². The minimum Gasteiger partial charge on any atom is -0.335 e. The third-order valence-corrected chi connectivity index (χ3v) is 7.30. The first-order chi connectivity index (χ1) is 13.7. The van der Waals surface area contributed by atoms with E-state index in [1.54, 1.807) is 16.8 Å². The fraction of sp³-hybridized carbons (Fsp3) is 0.600. The van der Waals surface area contributed by atoms with Crippen LogP contribution in [-0.4, -0.2) is 73.8 Å². The highest BCUT2D eigenvalue weighted by atomic mass is 32.2. The van der Waals surface area contributed by atoms with Crippen molar-refractivity contribution in [3.63, 3.8) is 0 Å². The molecular weight excluding hydrogens is 397 g/mol. The van der Waals surface area contributed by atoms with Gasteiger partial charge in [-0.2, -0.15) is 0 Å². The van der Waals surface area contributed by atoms with Gasteiger partial charge in [-0.05, 0) is 50.6 Å². The van der Waals surface area contributed by atoms with Crippen molar-refractivity contribution in [2.75, 3.05) is 37.0 Å². The van der Waals surface area contributed by atoms with E-state index < -0.39 is 9.84 Å². The van der Waals surface area contributed by atoms with Crippen LogP contribution in [0.1, 0.15) is 32.1 Å². The number of carbonyl (C=O) groups excluding carboxylic acids is 2. The lowest BCUT2D eigenvalue weighted by atomic mass is 10.1. The largest absolute Gasteiger partial charge is 0.335 e. The van der Waals surface area contributed by atoms with E-state index in [4.69, 9.17) is 0 Å². The molecule has 9 heteroatoms. The number of amides is 2. The lowest BCUT2D eigenvalue weighted by Crippen LogP contribution is -2.50. The maximum Gasteiger partial charge on any atom is 0.238 e. The van der Waals surface area contributed by atoms with Gasteiger partial charge in [0.2, 0.25) is 11.8 Å². The predicted octanol–water partition coefficient (Wildman–Crippen LogP) is 1.65. The molecule has 1 saturated heterocycles. The Morgan fingerprint density at radius 2 is 1.72 bits per heavy atom. The third kappa shape index (κ3) is 5.99. The van der Waals surface area contributed by atoms with Gasteiger partial charge in [0, 0.05) is 17.8 Å². The van der Waals surface area contributed by atoms with Gasteiger partial charge in [0.15, 0.2) is 9.84 Å². The number of hydrogen-bond acceptors (Lipinski definition) is 5. The Bertz CT molecular complexity index is 838. The highest BCUT2D eigenvalue weighted by molar-refractivity contribution is 7.91. The summed E-state index contributed by atoms with van der Waals surface area (Å²) in [6.07, 6.45) is 4.38. The van der Waals surface area contributed by atoms with E-state index in [1.165, 1.54) is 24.3 Å². The second-order valence-electron chi connectivity index (χ2n) is 8.02. The van der Waals surface area contributed by atoms with Gasteiger partial charge in [-0.15, -0.1) is 0 Å². The van der Waals surface area contributed by atoms with Crippen molar-refractivity contribution >= 4 is 27.3 Å². The number of sulfone groups is 1. The van der Waals surface area contributed by atoms with Gasteiger partial charge in [0.25, 0.3) is 0 Å². The molecule has 0 spiro atoms. The quantitative estimate of drug-likeness (QED) is 0.718. The number of rotatable bonds is 7. The fourth-order valence-corrected chi connectivity index (χ4v) is 5.94. The van der Waals surface area contributed by atoms with Gasteiger partial charge in [-0.25, -0.2) is 12.8 Å². The predicted molar refractivity (Wildman–Crippen MR) is 109 cm³/mol. The summed E-state index contributed by atoms with van der Waals surface area (Å²) in [4.78, 5) is 28.6. The van der Waals surface area contributed by atoms with E-state index in [9.17, 15) is 22.4 Å². The number of halogens is 1. The molecule has 7 nitrogen and oxygen atoms in total. The van der Waals surface area contributed by atoms with E-state index in [0.29, 0.717) is 12.1 Å². The first-order valence-electron chi connectivity index (χ1n) is 9.99. The Balaban J connectivity index is 1.58. The highest BCUT2D eigenvalue weighted by Crippen LogP contribution is 2.29. The van der Waals surface area contributed by atoms with E-state index in [2.05, 4.69) is 5.32 Å². The summed E-state index contributed by atoms with van der Waals surface area (Å²) in [7, 11) is -1.41. The summed E-state index contributed by atoms with van der Waals surface area (Å²) >= 11 is 0. The molecule has 2 amide bonds. The molecule has 1 N–H and O–H groups in total. The molecule has 2 aliphatic rings. The number of hydrogen-bond donors (Lipinski definition) is 1. The van der Waals surface area contributed by atoms with Crippen molar-refractivity contribution < 1.29 is 22.4 Å². The van der Waals surface area contributed by atoms with E-state index in [-0.39, 0.29) is 54.3 Å². The maximum absolute atomic E-state index is 13.0. The molecule has 1 aromatic rings. The van der Waals surface area contributed by atoms with E-state index in [1.807, 2.05) is 0 Å². The molecule has 160 valence electrons. The molecule has 0 radical (unpaired) electrons. The first kappa shape index (κ1) is 21.7. The van der Waals surface area contributed by atoms with Crippen molar-refractivity contribution in [1.82, 2.24) is 9.80 Å². The van der Waals surface area contributed by atoms with Crippen LogP contribution in [0.5, 0.6) is 0 Å². The van der Waals surface area contributed by atoms with Gasteiger partial charge in [0.1, 0.15) is 5.82 Å². The normalized spacial score (nSPS) is 21.4. The van der Waals surface area contributed by atoms with Crippen LogP contribution in [0.15, 0.2) is 24.3 Å². The van der Waals surface area contributed by atoms with Crippen LogP contribution in [0.4, 0.5) is 10.1 Å². The second-order valence-corrected chi connectivity index (χ2v) is 10.3. The van der Waals surface area contributed by atoms with Crippen LogP contribution < -0.4 is 5.32 Å². The molecule has 0 bridgehead atoms. The molecule has 1 atom stereocenters. The summed E-state index contributed by atoms with van der Waals surface area (Å²) in [6, 6.07) is 5.29. The minimum absolute atomic E-state index is 0.00455. The Hall–Kier alpha value is -2.00. The second kappa shape index (κ2) is 9.21. The molecule has 1 heterocycles. The molecule has 1 aliphatic carbocycles. The molecular formula is C20H28FN3O4S. The van der Waals surface area contributed by atoms with Crippen LogP contribution in [0.3, 0.4) is 0 Å². The molecule has 0 unspecified atom stereocenters. The van der Waals surface area contributed by atoms with Crippen molar-refractivity contribution in [3.05, 3.63) is 30.1 Å². The van der Waals surface area contributed by atoms with Gasteiger partial charge >= 0.3 is 0 Å². The minimum atomic E-state index is -3.09. The van der Waals surface area contributed by atoms with Gasteiger partial charge in [0.05, 0.1) is 24.6 Å². The summed E-state index contributed by atoms with van der Waals surface area (Å²) in [5.74, 6) is -0.654. The number of nitrogens with zero attached hydrogens (tertiary/aromatic N) is 2. The Morgan fingerprint density at radius 3 is 2.31 bits per heavy atom. The highest BCUT2D eigenvalue weighted by Gasteiger charge is 2.39. The summed E-state index contributed by atoms with van der Waals surface area (Å²) in [5, 5.41) is 2.67. The zero-order chi connectivity index (χ0) is 21.0. The van der Waals surface area contributed by atoms with E-state index >= 15 is 0 Å². The van der Waals surface area contributed by atoms with Gasteiger partial charge < -0.3 is 10.2 Å². The van der Waals surface area contributed by atoms with Crippen LogP contribution in [0.25, 0.3) is 0 Å². The lowest BCUT2D eigenvalue weighted by Gasteiger charge is -2.35. The average Bonchev–Trinajstić information content (AvgIpc) is 3.27. The smallest absolute Gasteiger partial charge is 0.238 e. The molecule has 1 aliphatic heterocycles. The van der Waals surface area contributed by atoms with Crippen LogP contribution in [0.2, 0.25) is 0 Å².